The van der Waals surface area contributed by atoms with Gasteiger partial charge in [-0.25, -0.2) is 0 Å². The van der Waals surface area contributed by atoms with Crippen molar-refractivity contribution < 1.29 is 9.53 Å². The zero-order valence-electron chi connectivity index (χ0n) is 12.1. The summed E-state index contributed by atoms with van der Waals surface area (Å²) in [6.45, 7) is 3.74. The van der Waals surface area contributed by atoms with E-state index in [4.69, 9.17) is 4.74 Å². The molecule has 1 saturated heterocycles. The molecule has 0 radical (unpaired) electrons. The summed E-state index contributed by atoms with van der Waals surface area (Å²) in [4.78, 5) is 14.8. The van der Waals surface area contributed by atoms with Crippen LogP contribution in [-0.4, -0.2) is 30.1 Å². The maximum atomic E-state index is 12.7. The second kappa shape index (κ2) is 5.96. The molecular weight excluding hydrogens is 250 g/mol. The second-order valence-electron chi connectivity index (χ2n) is 6.02. The van der Waals surface area contributed by atoms with Crippen LogP contribution in [0.15, 0.2) is 30.3 Å². The molecular formula is C17H23NO2. The predicted molar refractivity (Wildman–Crippen MR) is 78.3 cm³/mol. The molecule has 1 aromatic rings. The summed E-state index contributed by atoms with van der Waals surface area (Å²) in [5, 5.41) is 0. The molecule has 3 heteroatoms. The maximum absolute atomic E-state index is 12.7. The Labute approximate surface area is 120 Å². The van der Waals surface area contributed by atoms with E-state index in [1.165, 1.54) is 18.4 Å². The lowest BCUT2D eigenvalue weighted by molar-refractivity contribution is -0.143. The van der Waals surface area contributed by atoms with E-state index in [1.54, 1.807) is 0 Å². The fraction of sp³-hybridized carbons (Fsp3) is 0.588. The van der Waals surface area contributed by atoms with E-state index in [1.807, 2.05) is 23.1 Å². The van der Waals surface area contributed by atoms with Gasteiger partial charge in [-0.15, -0.1) is 0 Å². The van der Waals surface area contributed by atoms with Crippen molar-refractivity contribution in [3.8, 4) is 0 Å². The molecule has 2 aliphatic rings. The van der Waals surface area contributed by atoms with Crippen LogP contribution in [0, 0.1) is 5.92 Å². The molecule has 20 heavy (non-hydrogen) atoms. The highest BCUT2D eigenvalue weighted by molar-refractivity contribution is 5.81. The van der Waals surface area contributed by atoms with Crippen molar-refractivity contribution in [1.29, 1.82) is 0 Å². The van der Waals surface area contributed by atoms with Gasteiger partial charge < -0.3 is 9.64 Å². The molecule has 108 valence electrons. The average Bonchev–Trinajstić information content (AvgIpc) is 3.14. The van der Waals surface area contributed by atoms with Gasteiger partial charge in [-0.05, 0) is 44.1 Å². The van der Waals surface area contributed by atoms with Crippen LogP contribution < -0.4 is 0 Å². The first-order valence-electron chi connectivity index (χ1n) is 7.72. The van der Waals surface area contributed by atoms with Crippen molar-refractivity contribution in [1.82, 2.24) is 4.90 Å². The van der Waals surface area contributed by atoms with Crippen LogP contribution >= 0.6 is 0 Å². The first-order valence-corrected chi connectivity index (χ1v) is 7.72. The lowest BCUT2D eigenvalue weighted by Crippen LogP contribution is -2.41. The Bertz CT molecular complexity index is 449. The van der Waals surface area contributed by atoms with E-state index in [-0.39, 0.29) is 18.1 Å². The third-order valence-electron chi connectivity index (χ3n) is 4.39. The SMILES string of the molecule is C[C@H](c1ccccc1)N(CC1CC1)C(=O)[C@H]1CCCO1. The van der Waals surface area contributed by atoms with Crippen molar-refractivity contribution in [2.24, 2.45) is 5.92 Å². The molecule has 0 spiro atoms. The summed E-state index contributed by atoms with van der Waals surface area (Å²) >= 11 is 0. The molecule has 1 saturated carbocycles. The lowest BCUT2D eigenvalue weighted by Gasteiger charge is -2.31. The van der Waals surface area contributed by atoms with Crippen LogP contribution in [0.25, 0.3) is 0 Å². The van der Waals surface area contributed by atoms with Crippen LogP contribution in [0.2, 0.25) is 0 Å². The predicted octanol–water partition coefficient (Wildman–Crippen LogP) is 3.17. The van der Waals surface area contributed by atoms with Gasteiger partial charge in [-0.3, -0.25) is 4.79 Å². The smallest absolute Gasteiger partial charge is 0.252 e. The van der Waals surface area contributed by atoms with E-state index in [0.29, 0.717) is 5.92 Å². The zero-order valence-corrected chi connectivity index (χ0v) is 12.1. The number of carbonyl (C=O) groups excluding carboxylic acids is 1. The van der Waals surface area contributed by atoms with Gasteiger partial charge in [-0.1, -0.05) is 30.3 Å². The molecule has 2 atom stereocenters. The monoisotopic (exact) mass is 273 g/mol. The maximum Gasteiger partial charge on any atom is 0.252 e. The average molecular weight is 273 g/mol. The lowest BCUT2D eigenvalue weighted by atomic mass is 10.1. The van der Waals surface area contributed by atoms with Crippen LogP contribution in [0.5, 0.6) is 0 Å². The minimum Gasteiger partial charge on any atom is -0.368 e. The summed E-state index contributed by atoms with van der Waals surface area (Å²) in [7, 11) is 0. The highest BCUT2D eigenvalue weighted by Gasteiger charge is 2.35. The van der Waals surface area contributed by atoms with Crippen molar-refractivity contribution in [2.45, 2.75) is 44.8 Å². The number of hydrogen-bond donors (Lipinski definition) is 0. The number of hydrogen-bond acceptors (Lipinski definition) is 2. The van der Waals surface area contributed by atoms with Crippen molar-refractivity contribution >= 4 is 5.91 Å². The van der Waals surface area contributed by atoms with E-state index in [2.05, 4.69) is 19.1 Å². The van der Waals surface area contributed by atoms with Gasteiger partial charge in [0.05, 0.1) is 6.04 Å². The second-order valence-corrected chi connectivity index (χ2v) is 6.02. The number of rotatable bonds is 5. The van der Waals surface area contributed by atoms with Gasteiger partial charge in [0.1, 0.15) is 6.10 Å². The third kappa shape index (κ3) is 3.04. The van der Waals surface area contributed by atoms with Crippen LogP contribution in [0.4, 0.5) is 0 Å². The number of amides is 1. The summed E-state index contributed by atoms with van der Waals surface area (Å²) in [5.74, 6) is 0.886. The van der Waals surface area contributed by atoms with Gasteiger partial charge >= 0.3 is 0 Å². The molecule has 0 bridgehead atoms. The summed E-state index contributed by atoms with van der Waals surface area (Å²) in [5.41, 5.74) is 1.21. The largest absolute Gasteiger partial charge is 0.368 e. The van der Waals surface area contributed by atoms with Crippen molar-refractivity contribution in [2.75, 3.05) is 13.2 Å². The minimum absolute atomic E-state index is 0.133. The molecule has 2 fully saturated rings. The van der Waals surface area contributed by atoms with Crippen LogP contribution in [0.3, 0.4) is 0 Å². The number of ether oxygens (including phenoxy) is 1. The molecule has 0 N–H and O–H groups in total. The standard InChI is InChI=1S/C17H23NO2/c1-13(15-6-3-2-4-7-15)18(12-14-9-10-14)17(19)16-8-5-11-20-16/h2-4,6-7,13-14,16H,5,8-12H2,1H3/t13-,16-/m1/s1. The minimum atomic E-state index is -0.208. The Morgan fingerprint density at radius 1 is 1.30 bits per heavy atom. The fourth-order valence-electron chi connectivity index (χ4n) is 2.89. The third-order valence-corrected chi connectivity index (χ3v) is 4.39. The molecule has 0 unspecified atom stereocenters. The van der Waals surface area contributed by atoms with Gasteiger partial charge in [0.15, 0.2) is 0 Å². The quantitative estimate of drug-likeness (QED) is 0.824. The van der Waals surface area contributed by atoms with Gasteiger partial charge in [0.2, 0.25) is 0 Å². The normalized spacial score (nSPS) is 23.6. The topological polar surface area (TPSA) is 29.5 Å². The van der Waals surface area contributed by atoms with Gasteiger partial charge in [0, 0.05) is 13.2 Å². The molecule has 3 rings (SSSR count). The number of benzene rings is 1. The van der Waals surface area contributed by atoms with Crippen molar-refractivity contribution in [3.63, 3.8) is 0 Å². The molecule has 1 aromatic carbocycles. The zero-order chi connectivity index (χ0) is 13.9. The first-order chi connectivity index (χ1) is 9.75. The highest BCUT2D eigenvalue weighted by Crippen LogP contribution is 2.33. The van der Waals surface area contributed by atoms with E-state index in [0.717, 1.165) is 26.0 Å². The number of carbonyl (C=O) groups is 1. The Hall–Kier alpha value is -1.35. The molecule has 1 aliphatic carbocycles. The molecule has 1 amide bonds. The molecule has 3 nitrogen and oxygen atoms in total. The van der Waals surface area contributed by atoms with E-state index < -0.39 is 0 Å². The van der Waals surface area contributed by atoms with E-state index >= 15 is 0 Å². The first kappa shape index (κ1) is 13.6. The summed E-state index contributed by atoms with van der Waals surface area (Å²) in [6, 6.07) is 10.4. The van der Waals surface area contributed by atoms with Gasteiger partial charge in [-0.2, -0.15) is 0 Å². The van der Waals surface area contributed by atoms with E-state index in [9.17, 15) is 4.79 Å². The summed E-state index contributed by atoms with van der Waals surface area (Å²) in [6.07, 6.45) is 4.20. The van der Waals surface area contributed by atoms with Crippen LogP contribution in [-0.2, 0) is 9.53 Å². The van der Waals surface area contributed by atoms with Crippen LogP contribution in [0.1, 0.15) is 44.2 Å². The highest BCUT2D eigenvalue weighted by atomic mass is 16.5. The number of nitrogens with zero attached hydrogens (tertiary/aromatic N) is 1. The Morgan fingerprint density at radius 3 is 2.65 bits per heavy atom. The van der Waals surface area contributed by atoms with Gasteiger partial charge in [0.25, 0.3) is 5.91 Å². The fourth-order valence-corrected chi connectivity index (χ4v) is 2.89. The Balaban J connectivity index is 1.75. The summed E-state index contributed by atoms with van der Waals surface area (Å²) < 4.78 is 5.59. The Kier molecular flexibility index (Phi) is 4.06. The molecule has 1 aliphatic heterocycles. The molecule has 0 aromatic heterocycles. The molecule has 1 heterocycles. The van der Waals surface area contributed by atoms with Crippen molar-refractivity contribution in [3.05, 3.63) is 35.9 Å². The Morgan fingerprint density at radius 2 is 2.05 bits per heavy atom.